The Labute approximate surface area is 109 Å². The van der Waals surface area contributed by atoms with Crippen LogP contribution in [-0.4, -0.2) is 12.6 Å². The molecule has 0 aliphatic rings. The Morgan fingerprint density at radius 3 is 2.39 bits per heavy atom. The van der Waals surface area contributed by atoms with Crippen LogP contribution < -0.4 is 9.47 Å². The lowest BCUT2D eigenvalue weighted by atomic mass is 10.2. The highest BCUT2D eigenvalue weighted by Crippen LogP contribution is 2.26. The van der Waals surface area contributed by atoms with E-state index in [1.807, 2.05) is 18.2 Å². The number of ether oxygens (including phenoxy) is 2. The van der Waals surface area contributed by atoms with Gasteiger partial charge in [-0.15, -0.1) is 0 Å². The van der Waals surface area contributed by atoms with Gasteiger partial charge in [0.15, 0.2) is 11.5 Å². The number of carbonyl (C=O) groups excluding carboxylic acids is 1. The molecular formula is C15H22O3. The van der Waals surface area contributed by atoms with Crippen LogP contribution in [0.3, 0.4) is 0 Å². The predicted molar refractivity (Wildman–Crippen MR) is 72.0 cm³/mol. The van der Waals surface area contributed by atoms with Crippen LogP contribution in [0.5, 0.6) is 11.5 Å². The molecule has 3 heteroatoms. The maximum absolute atomic E-state index is 10.9. The van der Waals surface area contributed by atoms with Crippen LogP contribution >= 0.6 is 0 Å². The summed E-state index contributed by atoms with van der Waals surface area (Å²) >= 11 is 0. The highest BCUT2D eigenvalue weighted by atomic mass is 16.6. The molecule has 0 unspecified atom stereocenters. The number of unbranched alkanes of at least 4 members (excludes halogenated alkanes) is 4. The van der Waals surface area contributed by atoms with E-state index in [9.17, 15) is 4.79 Å². The summed E-state index contributed by atoms with van der Waals surface area (Å²) in [6.07, 6.45) is 6.00. The van der Waals surface area contributed by atoms with Crippen molar-refractivity contribution in [2.45, 2.75) is 46.0 Å². The normalized spacial score (nSPS) is 10.1. The molecule has 100 valence electrons. The van der Waals surface area contributed by atoms with Crippen molar-refractivity contribution >= 4 is 5.97 Å². The molecule has 0 saturated carbocycles. The Balaban J connectivity index is 2.34. The Morgan fingerprint density at radius 2 is 1.72 bits per heavy atom. The largest absolute Gasteiger partial charge is 0.490 e. The number of rotatable bonds is 8. The summed E-state index contributed by atoms with van der Waals surface area (Å²) in [5, 5.41) is 0. The van der Waals surface area contributed by atoms with Crippen molar-refractivity contribution in [3.63, 3.8) is 0 Å². The second kappa shape index (κ2) is 8.56. The van der Waals surface area contributed by atoms with Crippen LogP contribution in [0, 0.1) is 0 Å². The minimum atomic E-state index is -0.325. The highest BCUT2D eigenvalue weighted by molar-refractivity contribution is 5.70. The zero-order chi connectivity index (χ0) is 13.2. The Morgan fingerprint density at radius 1 is 1.06 bits per heavy atom. The van der Waals surface area contributed by atoms with Gasteiger partial charge in [0.1, 0.15) is 0 Å². The molecule has 0 fully saturated rings. The monoisotopic (exact) mass is 250 g/mol. The number of esters is 1. The maximum Gasteiger partial charge on any atom is 0.308 e. The van der Waals surface area contributed by atoms with Gasteiger partial charge in [-0.2, -0.15) is 0 Å². The molecular weight excluding hydrogens is 228 g/mol. The molecule has 0 radical (unpaired) electrons. The summed E-state index contributed by atoms with van der Waals surface area (Å²) < 4.78 is 10.7. The van der Waals surface area contributed by atoms with Gasteiger partial charge in [-0.25, -0.2) is 0 Å². The van der Waals surface area contributed by atoms with Crippen LogP contribution in [0.4, 0.5) is 0 Å². The first kappa shape index (κ1) is 14.6. The molecule has 0 aliphatic carbocycles. The number of hydrogen-bond acceptors (Lipinski definition) is 3. The van der Waals surface area contributed by atoms with E-state index in [0.717, 1.165) is 6.42 Å². The van der Waals surface area contributed by atoms with Crippen molar-refractivity contribution in [3.8, 4) is 11.5 Å². The first-order valence-corrected chi connectivity index (χ1v) is 6.64. The molecule has 0 heterocycles. The van der Waals surface area contributed by atoms with Crippen molar-refractivity contribution < 1.29 is 14.3 Å². The molecule has 0 N–H and O–H groups in total. The van der Waals surface area contributed by atoms with Gasteiger partial charge in [0.25, 0.3) is 0 Å². The van der Waals surface area contributed by atoms with Crippen LogP contribution in [0.25, 0.3) is 0 Å². The van der Waals surface area contributed by atoms with Crippen LogP contribution in [0.2, 0.25) is 0 Å². The lowest BCUT2D eigenvalue weighted by molar-refractivity contribution is -0.132. The number of para-hydroxylation sites is 2. The van der Waals surface area contributed by atoms with Crippen molar-refractivity contribution in [3.05, 3.63) is 24.3 Å². The van der Waals surface area contributed by atoms with Crippen molar-refractivity contribution in [2.75, 3.05) is 6.61 Å². The standard InChI is InChI=1S/C15H22O3/c1-3-4-5-6-9-12-17-14-10-7-8-11-15(14)18-13(2)16/h7-8,10-11H,3-6,9,12H2,1-2H3. The van der Waals surface area contributed by atoms with E-state index >= 15 is 0 Å². The SMILES string of the molecule is CCCCCCCOc1ccccc1OC(C)=O. The first-order chi connectivity index (χ1) is 8.74. The average molecular weight is 250 g/mol. The van der Waals surface area contributed by atoms with Crippen molar-refractivity contribution in [1.82, 2.24) is 0 Å². The van der Waals surface area contributed by atoms with Gasteiger partial charge in [0.2, 0.25) is 0 Å². The van der Waals surface area contributed by atoms with Gasteiger partial charge in [-0.05, 0) is 18.6 Å². The third-order valence-corrected chi connectivity index (χ3v) is 2.61. The molecule has 0 spiro atoms. The maximum atomic E-state index is 10.9. The molecule has 0 saturated heterocycles. The van der Waals surface area contributed by atoms with Crippen LogP contribution in [0.15, 0.2) is 24.3 Å². The zero-order valence-electron chi connectivity index (χ0n) is 11.3. The van der Waals surface area contributed by atoms with Gasteiger partial charge in [0, 0.05) is 6.92 Å². The molecule has 1 aromatic carbocycles. The molecule has 0 atom stereocenters. The second-order valence-corrected chi connectivity index (χ2v) is 4.30. The summed E-state index contributed by atoms with van der Waals surface area (Å²) in [7, 11) is 0. The molecule has 1 rings (SSSR count). The summed E-state index contributed by atoms with van der Waals surface area (Å²) in [6, 6.07) is 7.27. The third kappa shape index (κ3) is 5.71. The van der Waals surface area contributed by atoms with E-state index in [1.165, 1.54) is 32.6 Å². The Hall–Kier alpha value is -1.51. The molecule has 0 aliphatic heterocycles. The fraction of sp³-hybridized carbons (Fsp3) is 0.533. The van der Waals surface area contributed by atoms with Crippen LogP contribution in [0.1, 0.15) is 46.0 Å². The highest BCUT2D eigenvalue weighted by Gasteiger charge is 2.05. The Bertz CT molecular complexity index is 361. The fourth-order valence-corrected chi connectivity index (χ4v) is 1.70. The summed E-state index contributed by atoms with van der Waals surface area (Å²) in [6.45, 7) is 4.26. The molecule has 0 aromatic heterocycles. The Kier molecular flexibility index (Phi) is 6.92. The topological polar surface area (TPSA) is 35.5 Å². The summed E-state index contributed by atoms with van der Waals surface area (Å²) in [5.41, 5.74) is 0. The van der Waals surface area contributed by atoms with E-state index < -0.39 is 0 Å². The molecule has 0 amide bonds. The zero-order valence-corrected chi connectivity index (χ0v) is 11.3. The van der Waals surface area contributed by atoms with Gasteiger partial charge in [-0.1, -0.05) is 44.7 Å². The van der Waals surface area contributed by atoms with Crippen molar-refractivity contribution in [1.29, 1.82) is 0 Å². The third-order valence-electron chi connectivity index (χ3n) is 2.61. The second-order valence-electron chi connectivity index (χ2n) is 4.30. The number of benzene rings is 1. The van der Waals surface area contributed by atoms with E-state index in [1.54, 1.807) is 6.07 Å². The summed E-state index contributed by atoms with van der Waals surface area (Å²) in [4.78, 5) is 10.9. The quantitative estimate of drug-likeness (QED) is 0.398. The van der Waals surface area contributed by atoms with Crippen LogP contribution in [-0.2, 0) is 4.79 Å². The molecule has 0 bridgehead atoms. The van der Waals surface area contributed by atoms with E-state index in [-0.39, 0.29) is 5.97 Å². The van der Waals surface area contributed by atoms with E-state index in [0.29, 0.717) is 18.1 Å². The minimum absolute atomic E-state index is 0.325. The van der Waals surface area contributed by atoms with Gasteiger partial charge >= 0.3 is 5.97 Å². The lowest BCUT2D eigenvalue weighted by Gasteiger charge is -2.10. The van der Waals surface area contributed by atoms with Gasteiger partial charge in [-0.3, -0.25) is 4.79 Å². The van der Waals surface area contributed by atoms with E-state index in [4.69, 9.17) is 9.47 Å². The molecule has 1 aromatic rings. The molecule has 3 nitrogen and oxygen atoms in total. The van der Waals surface area contributed by atoms with Gasteiger partial charge < -0.3 is 9.47 Å². The summed E-state index contributed by atoms with van der Waals surface area (Å²) in [5.74, 6) is 0.816. The van der Waals surface area contributed by atoms with Crippen molar-refractivity contribution in [2.24, 2.45) is 0 Å². The first-order valence-electron chi connectivity index (χ1n) is 6.64. The minimum Gasteiger partial charge on any atom is -0.490 e. The van der Waals surface area contributed by atoms with E-state index in [2.05, 4.69) is 6.92 Å². The number of carbonyl (C=O) groups is 1. The molecule has 18 heavy (non-hydrogen) atoms. The van der Waals surface area contributed by atoms with Gasteiger partial charge in [0.05, 0.1) is 6.61 Å². The average Bonchev–Trinajstić information content (AvgIpc) is 2.35. The fourth-order valence-electron chi connectivity index (χ4n) is 1.70. The predicted octanol–water partition coefficient (Wildman–Crippen LogP) is 3.96. The smallest absolute Gasteiger partial charge is 0.308 e. The number of hydrogen-bond donors (Lipinski definition) is 0. The lowest BCUT2D eigenvalue weighted by Crippen LogP contribution is -2.04.